The molecule has 6 rings (SSSR count). The van der Waals surface area contributed by atoms with Gasteiger partial charge in [0.2, 0.25) is 0 Å². The van der Waals surface area contributed by atoms with Crippen LogP contribution in [0.4, 0.5) is 4.79 Å². The lowest BCUT2D eigenvalue weighted by molar-refractivity contribution is -0.0235. The van der Waals surface area contributed by atoms with E-state index in [2.05, 4.69) is 22.0 Å². The summed E-state index contributed by atoms with van der Waals surface area (Å²) in [6.45, 7) is 2.22. The topological polar surface area (TPSA) is 127 Å². The first kappa shape index (κ1) is 31.4. The molecule has 0 saturated carbocycles. The molecule has 3 aromatic rings. The number of rotatable bonds is 5. The van der Waals surface area contributed by atoms with Crippen LogP contribution in [0.25, 0.3) is 0 Å². The molecule has 3 aromatic carbocycles. The number of amides is 4. The van der Waals surface area contributed by atoms with Crippen molar-refractivity contribution in [3.05, 3.63) is 88.5 Å². The van der Waals surface area contributed by atoms with Gasteiger partial charge in [-0.2, -0.15) is 0 Å². The smallest absolute Gasteiger partial charge is 0.315 e. The SMILES string of the molecule is COCCOc1cc2cc(c1)C(=O)NCCNC(=O)N[C@H]1CCN(C(=O)c3ccc4c(c3)CCC4)C[C@@H]1OCc1cccc(c1)O2. The van der Waals surface area contributed by atoms with Gasteiger partial charge in [-0.15, -0.1) is 0 Å². The third kappa shape index (κ3) is 7.78. The van der Waals surface area contributed by atoms with Gasteiger partial charge in [0.15, 0.2) is 0 Å². The second-order valence-electron chi connectivity index (χ2n) is 11.8. The van der Waals surface area contributed by atoms with Crippen LogP contribution in [0.15, 0.2) is 60.7 Å². The van der Waals surface area contributed by atoms with E-state index in [9.17, 15) is 14.4 Å². The summed E-state index contributed by atoms with van der Waals surface area (Å²) < 4.78 is 23.5. The molecule has 4 amide bonds. The summed E-state index contributed by atoms with van der Waals surface area (Å²) in [5.74, 6) is 1.11. The monoisotopic (exact) mass is 628 g/mol. The highest BCUT2D eigenvalue weighted by atomic mass is 16.5. The van der Waals surface area contributed by atoms with E-state index in [0.29, 0.717) is 61.1 Å². The second-order valence-corrected chi connectivity index (χ2v) is 11.8. The average Bonchev–Trinajstić information content (AvgIpc) is 3.54. The number of fused-ring (bicyclic) bond motifs is 6. The molecule has 3 aliphatic rings. The molecule has 2 heterocycles. The predicted octanol–water partition coefficient (Wildman–Crippen LogP) is 3.84. The van der Waals surface area contributed by atoms with Gasteiger partial charge in [-0.05, 0) is 78.8 Å². The normalized spacial score (nSPS) is 20.1. The van der Waals surface area contributed by atoms with E-state index in [1.807, 2.05) is 41.3 Å². The maximum Gasteiger partial charge on any atom is 0.315 e. The number of ether oxygens (including phenoxy) is 4. The van der Waals surface area contributed by atoms with E-state index in [1.54, 1.807) is 25.3 Å². The molecule has 11 heteroatoms. The highest BCUT2D eigenvalue weighted by molar-refractivity contribution is 5.95. The highest BCUT2D eigenvalue weighted by Crippen LogP contribution is 2.29. The number of nitrogens with zero attached hydrogens (tertiary/aromatic N) is 1. The standard InChI is InChI=1S/C35H40N4O7/c1-43-14-15-44-29-18-27-19-30(20-29)46-28-7-2-4-23(16-28)22-45-32-21-39(34(41)26-9-8-24-5-3-6-25(24)17-26)13-10-31(32)38-35(42)37-12-11-36-33(27)40/h2,4,7-9,16-20,31-32H,3,5-6,10-15,21-22H2,1H3,(H,36,40)(H2,37,38,42)/t31-,32-/m0/s1. The van der Waals surface area contributed by atoms with E-state index in [1.165, 1.54) is 11.1 Å². The zero-order chi connectivity index (χ0) is 31.9. The van der Waals surface area contributed by atoms with Crippen molar-refractivity contribution in [1.82, 2.24) is 20.9 Å². The number of carbonyl (C=O) groups is 3. The molecular formula is C35H40N4O7. The van der Waals surface area contributed by atoms with Crippen LogP contribution >= 0.6 is 0 Å². The van der Waals surface area contributed by atoms with Crippen LogP contribution in [-0.4, -0.2) is 81.4 Å². The third-order valence-electron chi connectivity index (χ3n) is 8.50. The van der Waals surface area contributed by atoms with Crippen LogP contribution in [0, 0.1) is 0 Å². The Kier molecular flexibility index (Phi) is 10.00. The number of methoxy groups -OCH3 is 1. The molecule has 242 valence electrons. The third-order valence-corrected chi connectivity index (χ3v) is 8.50. The summed E-state index contributed by atoms with van der Waals surface area (Å²) in [7, 11) is 1.59. The van der Waals surface area contributed by atoms with Crippen LogP contribution < -0.4 is 25.4 Å². The van der Waals surface area contributed by atoms with E-state index in [0.717, 1.165) is 24.8 Å². The fourth-order valence-corrected chi connectivity index (χ4v) is 6.12. The zero-order valence-electron chi connectivity index (χ0n) is 26.0. The number of nitrogens with one attached hydrogen (secondary N) is 3. The second kappa shape index (κ2) is 14.7. The molecule has 11 nitrogen and oxygen atoms in total. The molecular weight excluding hydrogens is 588 g/mol. The van der Waals surface area contributed by atoms with E-state index >= 15 is 0 Å². The Morgan fingerprint density at radius 3 is 2.72 bits per heavy atom. The zero-order valence-corrected chi connectivity index (χ0v) is 26.0. The lowest BCUT2D eigenvalue weighted by Crippen LogP contribution is -2.58. The summed E-state index contributed by atoms with van der Waals surface area (Å²) in [4.78, 5) is 41.3. The molecule has 0 spiro atoms. The van der Waals surface area contributed by atoms with Crippen molar-refractivity contribution in [3.8, 4) is 17.2 Å². The molecule has 2 atom stereocenters. The lowest BCUT2D eigenvalue weighted by Gasteiger charge is -2.38. The van der Waals surface area contributed by atoms with E-state index < -0.39 is 6.10 Å². The van der Waals surface area contributed by atoms with Crippen LogP contribution in [0.2, 0.25) is 0 Å². The van der Waals surface area contributed by atoms with Crippen molar-refractivity contribution in [3.63, 3.8) is 0 Å². The Labute approximate surface area is 268 Å². The van der Waals surface area contributed by atoms with Crippen molar-refractivity contribution >= 4 is 17.8 Å². The van der Waals surface area contributed by atoms with Gasteiger partial charge in [0.05, 0.1) is 25.4 Å². The van der Waals surface area contributed by atoms with Crippen LogP contribution in [0.1, 0.15) is 50.2 Å². The number of benzene rings is 3. The summed E-state index contributed by atoms with van der Waals surface area (Å²) in [6, 6.07) is 17.8. The van der Waals surface area contributed by atoms with Gasteiger partial charge in [0, 0.05) is 50.5 Å². The van der Waals surface area contributed by atoms with Gasteiger partial charge in [0.25, 0.3) is 11.8 Å². The summed E-state index contributed by atoms with van der Waals surface area (Å²) in [5.41, 5.74) is 4.49. The summed E-state index contributed by atoms with van der Waals surface area (Å²) in [6.07, 6.45) is 3.29. The number of likely N-dealkylation sites (tertiary alicyclic amines) is 1. The van der Waals surface area contributed by atoms with Gasteiger partial charge in [-0.1, -0.05) is 18.2 Å². The molecule has 3 N–H and O–H groups in total. The first-order chi connectivity index (χ1) is 22.4. The number of hydrogen-bond acceptors (Lipinski definition) is 7. The predicted molar refractivity (Wildman–Crippen MR) is 171 cm³/mol. The Balaban J connectivity index is 1.21. The molecule has 46 heavy (non-hydrogen) atoms. The quantitative estimate of drug-likeness (QED) is 0.367. The number of piperidine rings is 1. The first-order valence-electron chi connectivity index (χ1n) is 15.8. The van der Waals surface area contributed by atoms with Crippen molar-refractivity contribution in [1.29, 1.82) is 0 Å². The Morgan fingerprint density at radius 1 is 0.957 bits per heavy atom. The molecule has 0 aromatic heterocycles. The molecule has 0 radical (unpaired) electrons. The Bertz CT molecular complexity index is 1580. The molecule has 1 fully saturated rings. The maximum absolute atomic E-state index is 13.6. The lowest BCUT2D eigenvalue weighted by atomic mass is 9.99. The van der Waals surface area contributed by atoms with Gasteiger partial charge in [-0.3, -0.25) is 9.59 Å². The Hall–Kier alpha value is -4.61. The van der Waals surface area contributed by atoms with Crippen LogP contribution in [0.5, 0.6) is 17.2 Å². The number of aryl methyl sites for hydroxylation is 2. The molecule has 1 saturated heterocycles. The fourth-order valence-electron chi connectivity index (χ4n) is 6.12. The van der Waals surface area contributed by atoms with Crippen molar-refractivity contribution < 1.29 is 33.3 Å². The van der Waals surface area contributed by atoms with Gasteiger partial charge >= 0.3 is 6.03 Å². The minimum Gasteiger partial charge on any atom is -0.491 e. The highest BCUT2D eigenvalue weighted by Gasteiger charge is 2.34. The fraction of sp³-hybridized carbons (Fsp3) is 0.400. The molecule has 2 aliphatic heterocycles. The van der Waals surface area contributed by atoms with Crippen LogP contribution in [-0.2, 0) is 28.9 Å². The van der Waals surface area contributed by atoms with Crippen molar-refractivity contribution in [2.45, 2.75) is 44.4 Å². The van der Waals surface area contributed by atoms with Crippen molar-refractivity contribution in [2.24, 2.45) is 0 Å². The van der Waals surface area contributed by atoms with E-state index in [4.69, 9.17) is 18.9 Å². The van der Waals surface area contributed by atoms with E-state index in [-0.39, 0.29) is 43.6 Å². The van der Waals surface area contributed by atoms with Gasteiger partial charge in [0.1, 0.15) is 23.9 Å². The van der Waals surface area contributed by atoms with Crippen LogP contribution in [0.3, 0.4) is 0 Å². The molecule has 1 aliphatic carbocycles. The number of urea groups is 1. The summed E-state index contributed by atoms with van der Waals surface area (Å²) in [5, 5.41) is 8.69. The number of hydrogen-bond donors (Lipinski definition) is 3. The van der Waals surface area contributed by atoms with Gasteiger partial charge < -0.3 is 39.8 Å². The number of carbonyl (C=O) groups excluding carboxylic acids is 3. The molecule has 0 unspecified atom stereocenters. The largest absolute Gasteiger partial charge is 0.491 e. The van der Waals surface area contributed by atoms with Gasteiger partial charge in [-0.25, -0.2) is 4.79 Å². The molecule has 4 bridgehead atoms. The van der Waals surface area contributed by atoms with Crippen molar-refractivity contribution in [2.75, 3.05) is 46.5 Å². The maximum atomic E-state index is 13.6. The average molecular weight is 629 g/mol. The first-order valence-corrected chi connectivity index (χ1v) is 15.8. The minimum absolute atomic E-state index is 0.0282. The summed E-state index contributed by atoms with van der Waals surface area (Å²) >= 11 is 0. The Morgan fingerprint density at radius 2 is 1.83 bits per heavy atom. The minimum atomic E-state index is -0.440.